The minimum absolute atomic E-state index is 0.122. The topological polar surface area (TPSA) is 64.5 Å². The van der Waals surface area contributed by atoms with Crippen LogP contribution in [0, 0.1) is 19.8 Å². The predicted octanol–water partition coefficient (Wildman–Crippen LogP) is 10.7. The summed E-state index contributed by atoms with van der Waals surface area (Å²) in [4.78, 5) is 24.5. The number of hydrogen-bond acceptors (Lipinski definition) is 5. The van der Waals surface area contributed by atoms with E-state index in [-0.39, 0.29) is 11.8 Å². The molecule has 0 saturated carbocycles. The quantitative estimate of drug-likeness (QED) is 0.197. The van der Waals surface area contributed by atoms with Crippen molar-refractivity contribution in [3.63, 3.8) is 0 Å². The minimum atomic E-state index is 0.122. The zero-order valence-corrected chi connectivity index (χ0v) is 29.2. The lowest BCUT2D eigenvalue weighted by atomic mass is 9.81. The Kier molecular flexibility index (Phi) is 9.26. The fraction of sp³-hybridized carbons (Fsp3) is 0.196. The molecule has 2 atom stereocenters. The SMILES string of the molecule is Cc1ccc(C2=CC=C(C3C=C(c4ccc(-c5ccc(C)nc5)cc4)C=C(c4nc(C5=CCCC=C5)nc(C5C=CC=CC5)n4)C3)CC=C2)cn1. The molecule has 51 heavy (non-hydrogen) atoms. The molecule has 0 bridgehead atoms. The molecule has 0 aliphatic heterocycles. The van der Waals surface area contributed by atoms with Crippen molar-refractivity contribution in [3.8, 4) is 11.1 Å². The summed E-state index contributed by atoms with van der Waals surface area (Å²) < 4.78 is 0. The third kappa shape index (κ3) is 7.39. The second-order valence-corrected chi connectivity index (χ2v) is 13.7. The number of benzene rings is 1. The molecular weight excluding hydrogens is 623 g/mol. The molecule has 0 spiro atoms. The molecule has 0 fully saturated rings. The van der Waals surface area contributed by atoms with Gasteiger partial charge in [-0.2, -0.15) is 0 Å². The summed E-state index contributed by atoms with van der Waals surface area (Å²) in [7, 11) is 0. The Morgan fingerprint density at radius 3 is 2.08 bits per heavy atom. The standard InChI is InChI=1S/C46H41N5/c1-31-16-18-39(29-47-31)33-14-9-15-34(21-20-33)41-26-42(36-24-22-35(23-25-36)40-19-17-32(2)48-30-40)28-43(27-41)46-50-44(37-10-5-3-6-11-37)49-45(51-46)38-12-7-4-8-13-38/h3,5-7,9-10,12-14,16-26,28-30,37,41H,4,8,11,15,27H2,1-2H3. The average molecular weight is 664 g/mol. The lowest BCUT2D eigenvalue weighted by Gasteiger charge is -2.24. The van der Waals surface area contributed by atoms with E-state index in [2.05, 4.69) is 137 Å². The molecule has 0 saturated heterocycles. The maximum atomic E-state index is 5.21. The summed E-state index contributed by atoms with van der Waals surface area (Å²) in [5, 5.41) is 0. The fourth-order valence-electron chi connectivity index (χ4n) is 7.01. The first-order chi connectivity index (χ1) is 25.1. The van der Waals surface area contributed by atoms with Gasteiger partial charge in [-0.1, -0.05) is 115 Å². The first-order valence-electron chi connectivity index (χ1n) is 18.0. The van der Waals surface area contributed by atoms with E-state index in [0.29, 0.717) is 0 Å². The van der Waals surface area contributed by atoms with E-state index in [0.717, 1.165) is 88.8 Å². The number of allylic oxidation sites excluding steroid dienone is 18. The van der Waals surface area contributed by atoms with Crippen molar-refractivity contribution in [2.24, 2.45) is 5.92 Å². The van der Waals surface area contributed by atoms with E-state index in [1.807, 2.05) is 26.2 Å². The van der Waals surface area contributed by atoms with Gasteiger partial charge in [-0.05, 0) is 97.6 Å². The summed E-state index contributed by atoms with van der Waals surface area (Å²) in [6, 6.07) is 17.3. The molecule has 4 aliphatic carbocycles. The van der Waals surface area contributed by atoms with E-state index >= 15 is 0 Å². The molecule has 250 valence electrons. The van der Waals surface area contributed by atoms with Crippen LogP contribution in [0.25, 0.3) is 33.4 Å². The number of hydrogen-bond donors (Lipinski definition) is 0. The van der Waals surface area contributed by atoms with Crippen LogP contribution in [0.4, 0.5) is 0 Å². The first kappa shape index (κ1) is 32.4. The highest BCUT2D eigenvalue weighted by atomic mass is 15.0. The highest BCUT2D eigenvalue weighted by Gasteiger charge is 2.25. The van der Waals surface area contributed by atoms with E-state index in [4.69, 9.17) is 15.0 Å². The molecule has 0 radical (unpaired) electrons. The summed E-state index contributed by atoms with van der Waals surface area (Å²) in [5.74, 6) is 2.65. The van der Waals surface area contributed by atoms with E-state index in [9.17, 15) is 0 Å². The van der Waals surface area contributed by atoms with Gasteiger partial charge in [0.1, 0.15) is 5.82 Å². The molecule has 1 aromatic carbocycles. The summed E-state index contributed by atoms with van der Waals surface area (Å²) in [5.41, 5.74) is 12.5. The molecule has 0 N–H and O–H groups in total. The van der Waals surface area contributed by atoms with Crippen LogP contribution in [0.5, 0.6) is 0 Å². The van der Waals surface area contributed by atoms with Gasteiger partial charge in [-0.25, -0.2) is 15.0 Å². The number of rotatable bonds is 7. The van der Waals surface area contributed by atoms with Crippen LogP contribution in [0.15, 0.2) is 145 Å². The van der Waals surface area contributed by atoms with Gasteiger partial charge in [-0.3, -0.25) is 9.97 Å². The fourth-order valence-corrected chi connectivity index (χ4v) is 7.01. The molecule has 8 rings (SSSR count). The molecule has 5 nitrogen and oxygen atoms in total. The first-order valence-corrected chi connectivity index (χ1v) is 18.0. The van der Waals surface area contributed by atoms with Gasteiger partial charge in [0.25, 0.3) is 0 Å². The smallest absolute Gasteiger partial charge is 0.163 e. The summed E-state index contributed by atoms with van der Waals surface area (Å²) >= 11 is 0. The van der Waals surface area contributed by atoms with Gasteiger partial charge in [0.15, 0.2) is 11.6 Å². The molecule has 3 heterocycles. The van der Waals surface area contributed by atoms with Crippen molar-refractivity contribution >= 4 is 22.3 Å². The van der Waals surface area contributed by atoms with Crippen molar-refractivity contribution in [1.82, 2.24) is 24.9 Å². The average Bonchev–Trinajstić information content (AvgIpc) is 3.46. The zero-order chi connectivity index (χ0) is 34.6. The van der Waals surface area contributed by atoms with Gasteiger partial charge >= 0.3 is 0 Å². The monoisotopic (exact) mass is 663 g/mol. The van der Waals surface area contributed by atoms with Crippen LogP contribution in [-0.2, 0) is 0 Å². The Hall–Kier alpha value is -5.81. The maximum Gasteiger partial charge on any atom is 0.163 e. The van der Waals surface area contributed by atoms with Crippen LogP contribution in [0.2, 0.25) is 0 Å². The van der Waals surface area contributed by atoms with Crippen molar-refractivity contribution < 1.29 is 0 Å². The lowest BCUT2D eigenvalue weighted by Crippen LogP contribution is -2.14. The molecular formula is C46H41N5. The Labute approximate surface area is 300 Å². The van der Waals surface area contributed by atoms with Gasteiger partial charge in [0.05, 0.1) is 0 Å². The summed E-state index contributed by atoms with van der Waals surface area (Å²) in [6.45, 7) is 4.04. The van der Waals surface area contributed by atoms with Crippen LogP contribution in [0.1, 0.15) is 78.0 Å². The van der Waals surface area contributed by atoms with Crippen LogP contribution in [0.3, 0.4) is 0 Å². The van der Waals surface area contributed by atoms with E-state index < -0.39 is 0 Å². The van der Waals surface area contributed by atoms with Gasteiger partial charge < -0.3 is 0 Å². The number of aromatic nitrogens is 5. The van der Waals surface area contributed by atoms with Crippen molar-refractivity contribution in [2.45, 2.75) is 51.9 Å². The minimum Gasteiger partial charge on any atom is -0.261 e. The third-order valence-corrected chi connectivity index (χ3v) is 9.97. The predicted molar refractivity (Wildman–Crippen MR) is 209 cm³/mol. The molecule has 4 aromatic rings. The van der Waals surface area contributed by atoms with Gasteiger partial charge in [0.2, 0.25) is 0 Å². The van der Waals surface area contributed by atoms with Crippen LogP contribution >= 0.6 is 0 Å². The highest BCUT2D eigenvalue weighted by molar-refractivity contribution is 5.86. The normalized spacial score (nSPS) is 19.8. The molecule has 5 heteroatoms. The molecule has 3 aromatic heterocycles. The Bertz CT molecular complexity index is 2220. The van der Waals surface area contributed by atoms with Gasteiger partial charge in [-0.15, -0.1) is 0 Å². The van der Waals surface area contributed by atoms with Crippen LogP contribution < -0.4 is 0 Å². The largest absolute Gasteiger partial charge is 0.261 e. The zero-order valence-electron chi connectivity index (χ0n) is 29.2. The maximum absolute atomic E-state index is 5.21. The second kappa shape index (κ2) is 14.6. The van der Waals surface area contributed by atoms with Crippen LogP contribution in [-0.4, -0.2) is 24.9 Å². The Morgan fingerprint density at radius 2 is 1.35 bits per heavy atom. The second-order valence-electron chi connectivity index (χ2n) is 13.7. The van der Waals surface area contributed by atoms with Gasteiger partial charge in [0, 0.05) is 46.8 Å². The van der Waals surface area contributed by atoms with Crippen molar-refractivity contribution in [1.29, 1.82) is 0 Å². The molecule has 4 aliphatic rings. The molecule has 2 unspecified atom stereocenters. The number of pyridine rings is 2. The number of nitrogens with zero attached hydrogens (tertiary/aromatic N) is 5. The van der Waals surface area contributed by atoms with E-state index in [1.54, 1.807) is 0 Å². The van der Waals surface area contributed by atoms with E-state index in [1.165, 1.54) is 22.3 Å². The summed E-state index contributed by atoms with van der Waals surface area (Å²) in [6.07, 6.45) is 37.5. The lowest BCUT2D eigenvalue weighted by molar-refractivity contribution is 0.729. The Morgan fingerprint density at radius 1 is 0.608 bits per heavy atom. The van der Waals surface area contributed by atoms with Crippen molar-refractivity contribution in [2.75, 3.05) is 0 Å². The van der Waals surface area contributed by atoms with Crippen molar-refractivity contribution in [3.05, 3.63) is 185 Å². The highest BCUT2D eigenvalue weighted by Crippen LogP contribution is 2.39. The molecule has 0 amide bonds. The number of aryl methyl sites for hydroxylation is 2. The third-order valence-electron chi connectivity index (χ3n) is 9.97. The Balaban J connectivity index is 1.20.